The number of ether oxygens (including phenoxy) is 2. The van der Waals surface area contributed by atoms with Crippen LogP contribution in [0.1, 0.15) is 74.8 Å². The second-order valence-corrected chi connectivity index (χ2v) is 9.02. The molecule has 172 valence electrons. The molecule has 0 atom stereocenters. The Bertz CT molecular complexity index is 789. The maximum absolute atomic E-state index is 13.0. The number of aromatic nitrogens is 1. The van der Waals surface area contributed by atoms with Crippen molar-refractivity contribution in [3.63, 3.8) is 0 Å². The lowest BCUT2D eigenvalue weighted by Crippen LogP contribution is -2.58. The third-order valence-electron chi connectivity index (χ3n) is 6.21. The average Bonchev–Trinajstić information content (AvgIpc) is 3.59. The summed E-state index contributed by atoms with van der Waals surface area (Å²) in [5, 5.41) is 5.60. The molecule has 1 saturated heterocycles. The lowest BCUT2D eigenvalue weighted by Gasteiger charge is -2.37. The molecule has 0 spiro atoms. The fraction of sp³-hybridized carbons (Fsp3) is 0.696. The molecule has 1 aliphatic carbocycles. The Kier molecular flexibility index (Phi) is 7.51. The number of nitrogens with zero attached hydrogens (tertiary/aromatic N) is 1. The van der Waals surface area contributed by atoms with Gasteiger partial charge >= 0.3 is 0 Å². The van der Waals surface area contributed by atoms with E-state index in [0.29, 0.717) is 44.3 Å². The van der Waals surface area contributed by atoms with Crippen molar-refractivity contribution in [2.45, 2.75) is 64.3 Å². The first kappa shape index (κ1) is 23.4. The van der Waals surface area contributed by atoms with Crippen molar-refractivity contribution in [1.29, 1.82) is 0 Å². The number of carbonyl (C=O) groups is 2. The minimum absolute atomic E-state index is 0.0101. The quantitative estimate of drug-likeness (QED) is 0.493. The summed E-state index contributed by atoms with van der Waals surface area (Å²) >= 11 is 0. The molecule has 2 heterocycles. The molecule has 0 bridgehead atoms. The molecule has 2 amide bonds. The van der Waals surface area contributed by atoms with Crippen molar-refractivity contribution in [2.75, 3.05) is 33.0 Å². The molecule has 2 N–H and O–H groups in total. The van der Waals surface area contributed by atoms with Crippen molar-refractivity contribution in [3.8, 4) is 5.75 Å². The van der Waals surface area contributed by atoms with Crippen LogP contribution in [0.5, 0.6) is 5.75 Å². The van der Waals surface area contributed by atoms with Crippen LogP contribution in [-0.2, 0) is 9.53 Å². The van der Waals surface area contributed by atoms with Crippen LogP contribution in [0.25, 0.3) is 0 Å². The van der Waals surface area contributed by atoms with E-state index in [1.807, 2.05) is 13.8 Å². The summed E-state index contributed by atoms with van der Waals surface area (Å²) in [6, 6.07) is 1.68. The van der Waals surface area contributed by atoms with Gasteiger partial charge in [0.15, 0.2) is 0 Å². The first-order chi connectivity index (χ1) is 14.9. The SMILES string of the molecule is CCC(CC)(NC(=O)c1cc(OCC2(C)COC2)c(C2CC2)cn1)C(=O)NCCCF. The summed E-state index contributed by atoms with van der Waals surface area (Å²) in [6.07, 6.45) is 4.99. The first-order valence-corrected chi connectivity index (χ1v) is 11.2. The molecule has 0 unspecified atom stereocenters. The van der Waals surface area contributed by atoms with E-state index in [1.54, 1.807) is 12.3 Å². The molecule has 8 heteroatoms. The third-order valence-corrected chi connectivity index (χ3v) is 6.21. The average molecular weight is 436 g/mol. The van der Waals surface area contributed by atoms with Crippen molar-refractivity contribution in [2.24, 2.45) is 5.41 Å². The highest BCUT2D eigenvalue weighted by Crippen LogP contribution is 2.44. The maximum atomic E-state index is 13.0. The number of amides is 2. The van der Waals surface area contributed by atoms with Gasteiger partial charge in [-0.15, -0.1) is 0 Å². The van der Waals surface area contributed by atoms with Crippen LogP contribution in [0, 0.1) is 5.41 Å². The van der Waals surface area contributed by atoms with Gasteiger partial charge in [-0.3, -0.25) is 19.0 Å². The van der Waals surface area contributed by atoms with Crippen LogP contribution < -0.4 is 15.4 Å². The smallest absolute Gasteiger partial charge is 0.270 e. The molecule has 1 aromatic rings. The van der Waals surface area contributed by atoms with Crippen LogP contribution in [0.3, 0.4) is 0 Å². The third kappa shape index (κ3) is 5.53. The monoisotopic (exact) mass is 435 g/mol. The number of hydrogen-bond donors (Lipinski definition) is 2. The van der Waals surface area contributed by atoms with Crippen molar-refractivity contribution < 1.29 is 23.5 Å². The Balaban J connectivity index is 1.74. The Morgan fingerprint density at radius 2 is 2.03 bits per heavy atom. The molecule has 2 fully saturated rings. The Hall–Kier alpha value is -2.22. The van der Waals surface area contributed by atoms with Gasteiger partial charge in [-0.05, 0) is 38.0 Å². The maximum Gasteiger partial charge on any atom is 0.270 e. The molecule has 2 aliphatic rings. The van der Waals surface area contributed by atoms with Gasteiger partial charge in [0.2, 0.25) is 5.91 Å². The van der Waals surface area contributed by atoms with Gasteiger partial charge in [0.05, 0.1) is 26.5 Å². The Morgan fingerprint density at radius 3 is 2.58 bits per heavy atom. The van der Waals surface area contributed by atoms with Gasteiger partial charge in [-0.25, -0.2) is 0 Å². The topological polar surface area (TPSA) is 89.6 Å². The number of hydrogen-bond acceptors (Lipinski definition) is 5. The molecule has 1 saturated carbocycles. The normalized spacial score (nSPS) is 17.5. The summed E-state index contributed by atoms with van der Waals surface area (Å²) in [4.78, 5) is 30.1. The van der Waals surface area contributed by atoms with E-state index < -0.39 is 18.1 Å². The van der Waals surface area contributed by atoms with Gasteiger partial charge in [0.25, 0.3) is 5.91 Å². The van der Waals surface area contributed by atoms with Crippen LogP contribution in [0.15, 0.2) is 12.3 Å². The largest absolute Gasteiger partial charge is 0.492 e. The lowest BCUT2D eigenvalue weighted by atomic mass is 9.90. The number of pyridine rings is 1. The minimum atomic E-state index is -1.07. The summed E-state index contributed by atoms with van der Waals surface area (Å²) < 4.78 is 23.8. The van der Waals surface area contributed by atoms with E-state index in [2.05, 4.69) is 22.5 Å². The summed E-state index contributed by atoms with van der Waals surface area (Å²) in [6.45, 7) is 7.39. The van der Waals surface area contributed by atoms with Crippen molar-refractivity contribution in [1.82, 2.24) is 15.6 Å². The van der Waals surface area contributed by atoms with E-state index in [1.165, 1.54) is 0 Å². The highest BCUT2D eigenvalue weighted by Gasteiger charge is 2.38. The van der Waals surface area contributed by atoms with Crippen LogP contribution >= 0.6 is 0 Å². The zero-order chi connectivity index (χ0) is 22.5. The van der Waals surface area contributed by atoms with Crippen molar-refractivity contribution in [3.05, 3.63) is 23.5 Å². The highest BCUT2D eigenvalue weighted by atomic mass is 19.1. The number of nitrogens with one attached hydrogen (secondary N) is 2. The standard InChI is InChI=1S/C23H34FN3O4/c1-4-23(5-2,21(29)25-10-6-9-24)27-20(28)18-11-19(17(12-26-18)16-7-8-16)31-15-22(3)13-30-14-22/h11-12,16H,4-10,13-15H2,1-3H3,(H,25,29)(H,27,28). The molecule has 7 nitrogen and oxygen atoms in total. The number of carbonyl (C=O) groups excluding carboxylic acids is 2. The van der Waals surface area contributed by atoms with E-state index in [0.717, 1.165) is 18.4 Å². The van der Waals surface area contributed by atoms with Gasteiger partial charge in [-0.2, -0.15) is 0 Å². The highest BCUT2D eigenvalue weighted by molar-refractivity contribution is 5.98. The van der Waals surface area contributed by atoms with E-state index >= 15 is 0 Å². The van der Waals surface area contributed by atoms with Gasteiger partial charge in [0.1, 0.15) is 17.0 Å². The molecule has 0 radical (unpaired) electrons. The fourth-order valence-electron chi connectivity index (χ4n) is 3.71. The lowest BCUT2D eigenvalue weighted by molar-refractivity contribution is -0.127. The van der Waals surface area contributed by atoms with E-state index in [-0.39, 0.29) is 30.0 Å². The molecule has 1 aromatic heterocycles. The van der Waals surface area contributed by atoms with Crippen LogP contribution in [0.4, 0.5) is 4.39 Å². The molecular weight excluding hydrogens is 401 g/mol. The van der Waals surface area contributed by atoms with Gasteiger partial charge in [0, 0.05) is 29.8 Å². The molecule has 0 aromatic carbocycles. The minimum Gasteiger partial charge on any atom is -0.492 e. The predicted molar refractivity (Wildman–Crippen MR) is 115 cm³/mol. The molecular formula is C23H34FN3O4. The summed E-state index contributed by atoms with van der Waals surface area (Å²) in [5.74, 6) is 0.386. The second-order valence-electron chi connectivity index (χ2n) is 9.02. The predicted octanol–water partition coefficient (Wildman–Crippen LogP) is 3.14. The fourth-order valence-corrected chi connectivity index (χ4v) is 3.71. The zero-order valence-electron chi connectivity index (χ0n) is 18.8. The van der Waals surface area contributed by atoms with Crippen molar-refractivity contribution >= 4 is 11.8 Å². The van der Waals surface area contributed by atoms with Crippen LogP contribution in [0.2, 0.25) is 0 Å². The molecule has 31 heavy (non-hydrogen) atoms. The number of alkyl halides is 1. The number of halogens is 1. The zero-order valence-corrected chi connectivity index (χ0v) is 18.8. The summed E-state index contributed by atoms with van der Waals surface area (Å²) in [5.41, 5.74) is 0.171. The first-order valence-electron chi connectivity index (χ1n) is 11.2. The second kappa shape index (κ2) is 9.94. The number of rotatable bonds is 12. The van der Waals surface area contributed by atoms with E-state index in [4.69, 9.17) is 9.47 Å². The summed E-state index contributed by atoms with van der Waals surface area (Å²) in [7, 11) is 0. The van der Waals surface area contributed by atoms with Gasteiger partial charge in [-0.1, -0.05) is 20.8 Å². The van der Waals surface area contributed by atoms with Crippen LogP contribution in [-0.4, -0.2) is 55.4 Å². The van der Waals surface area contributed by atoms with Gasteiger partial charge < -0.3 is 20.1 Å². The molecule has 3 rings (SSSR count). The Morgan fingerprint density at radius 1 is 1.32 bits per heavy atom. The Labute approximate surface area is 183 Å². The molecule has 1 aliphatic heterocycles. The van der Waals surface area contributed by atoms with E-state index in [9.17, 15) is 14.0 Å².